The molecule has 0 saturated carbocycles. The monoisotopic (exact) mass is 594 g/mol. The Morgan fingerprint density at radius 2 is 0.682 bits per heavy atom. The Hall–Kier alpha value is -5.03. The molecule has 0 aromatic heterocycles. The lowest BCUT2D eigenvalue weighted by Gasteiger charge is -2.05. The highest BCUT2D eigenvalue weighted by molar-refractivity contribution is 5.91. The van der Waals surface area contributed by atoms with Crippen LogP contribution in [-0.2, 0) is 0 Å². The summed E-state index contributed by atoms with van der Waals surface area (Å²) in [4.78, 5) is 11.8. The van der Waals surface area contributed by atoms with Gasteiger partial charge in [-0.05, 0) is 92.6 Å². The minimum atomic E-state index is -0.374. The molecule has 44 heavy (non-hydrogen) atoms. The summed E-state index contributed by atoms with van der Waals surface area (Å²) in [7, 11) is 4.94. The van der Waals surface area contributed by atoms with Crippen LogP contribution >= 0.6 is 0 Å². The first-order chi connectivity index (χ1) is 20.3. The fraction of sp³-hybridized carbons (Fsp3) is 0.205. The van der Waals surface area contributed by atoms with Crippen molar-refractivity contribution >= 4 is 5.97 Å². The van der Waals surface area contributed by atoms with Gasteiger partial charge in [0.2, 0.25) is 0 Å². The molecule has 0 radical (unpaired) electrons. The standard InChI is InChI=1S/C15H14O3.C14H14O.C8H10O.2CH4/c1-11-3-7-14(8-4-11)18-15(16)12-5-9-13(17-2)10-6-12;1-11-3-5-12(6-4-11)13-7-9-14(15-2)10-8-13;1-7-3-5-8(9-2)6-4-7;;/h3-10H,1-2H3;3-10H,1-2H3;3-6H,1-2H3;2*1H4. The van der Waals surface area contributed by atoms with Crippen molar-refractivity contribution in [2.24, 2.45) is 0 Å². The van der Waals surface area contributed by atoms with Crippen molar-refractivity contribution in [1.29, 1.82) is 0 Å². The van der Waals surface area contributed by atoms with Gasteiger partial charge in [-0.25, -0.2) is 4.79 Å². The van der Waals surface area contributed by atoms with Gasteiger partial charge in [0.25, 0.3) is 0 Å². The third-order valence-electron chi connectivity index (χ3n) is 6.29. The van der Waals surface area contributed by atoms with E-state index in [0.717, 1.165) is 17.1 Å². The fourth-order valence-corrected chi connectivity index (χ4v) is 3.70. The van der Waals surface area contributed by atoms with Crippen LogP contribution in [0.5, 0.6) is 23.0 Å². The number of esters is 1. The first kappa shape index (κ1) is 37.0. The topological polar surface area (TPSA) is 54.0 Å². The minimum Gasteiger partial charge on any atom is -0.497 e. The van der Waals surface area contributed by atoms with Crippen molar-refractivity contribution in [3.8, 4) is 34.1 Å². The minimum absolute atomic E-state index is 0. The van der Waals surface area contributed by atoms with Gasteiger partial charge in [0.05, 0.1) is 26.9 Å². The van der Waals surface area contributed by atoms with E-state index in [1.54, 1.807) is 57.7 Å². The third kappa shape index (κ3) is 12.1. The van der Waals surface area contributed by atoms with Gasteiger partial charge in [0, 0.05) is 0 Å². The number of benzene rings is 5. The number of rotatable bonds is 6. The molecular formula is C39H46O5. The molecule has 0 aliphatic heterocycles. The lowest BCUT2D eigenvalue weighted by Crippen LogP contribution is -2.08. The summed E-state index contributed by atoms with van der Waals surface area (Å²) < 4.78 is 20.4. The maximum absolute atomic E-state index is 11.8. The molecule has 0 aliphatic carbocycles. The van der Waals surface area contributed by atoms with E-state index in [0.29, 0.717) is 17.1 Å². The van der Waals surface area contributed by atoms with Crippen molar-refractivity contribution < 1.29 is 23.7 Å². The van der Waals surface area contributed by atoms with Crippen LogP contribution in [0.1, 0.15) is 41.9 Å². The molecule has 0 spiro atoms. The summed E-state index contributed by atoms with van der Waals surface area (Å²) in [6, 6.07) is 38.7. The van der Waals surface area contributed by atoms with E-state index in [4.69, 9.17) is 18.9 Å². The van der Waals surface area contributed by atoms with Gasteiger partial charge in [-0.15, -0.1) is 0 Å². The van der Waals surface area contributed by atoms with Gasteiger partial charge >= 0.3 is 5.97 Å². The van der Waals surface area contributed by atoms with Crippen molar-refractivity contribution in [3.63, 3.8) is 0 Å². The second-order valence-electron chi connectivity index (χ2n) is 9.54. The van der Waals surface area contributed by atoms with Gasteiger partial charge in [-0.2, -0.15) is 0 Å². The Bertz CT molecular complexity index is 1490. The van der Waals surface area contributed by atoms with E-state index < -0.39 is 0 Å². The lowest BCUT2D eigenvalue weighted by atomic mass is 10.0. The predicted octanol–water partition coefficient (Wildman–Crippen LogP) is 10.2. The average molecular weight is 595 g/mol. The van der Waals surface area contributed by atoms with Crippen LogP contribution in [0.2, 0.25) is 0 Å². The van der Waals surface area contributed by atoms with Crippen molar-refractivity contribution in [1.82, 2.24) is 0 Å². The normalized spacial score (nSPS) is 9.32. The average Bonchev–Trinajstić information content (AvgIpc) is 3.03. The van der Waals surface area contributed by atoms with E-state index >= 15 is 0 Å². The van der Waals surface area contributed by atoms with E-state index in [9.17, 15) is 4.79 Å². The predicted molar refractivity (Wildman–Crippen MR) is 183 cm³/mol. The van der Waals surface area contributed by atoms with E-state index in [-0.39, 0.29) is 20.8 Å². The number of hydrogen-bond donors (Lipinski definition) is 0. The van der Waals surface area contributed by atoms with Crippen LogP contribution in [0.4, 0.5) is 0 Å². The van der Waals surface area contributed by atoms with Gasteiger partial charge in [-0.1, -0.05) is 92.2 Å². The molecule has 5 heteroatoms. The third-order valence-corrected chi connectivity index (χ3v) is 6.29. The second kappa shape index (κ2) is 19.2. The Labute approximate surface area is 264 Å². The van der Waals surface area contributed by atoms with Gasteiger partial charge < -0.3 is 18.9 Å². The molecule has 0 amide bonds. The van der Waals surface area contributed by atoms with Crippen LogP contribution < -0.4 is 18.9 Å². The zero-order valence-corrected chi connectivity index (χ0v) is 25.1. The maximum Gasteiger partial charge on any atom is 0.343 e. The molecule has 0 N–H and O–H groups in total. The number of aryl methyl sites for hydroxylation is 3. The molecule has 5 aromatic carbocycles. The zero-order valence-electron chi connectivity index (χ0n) is 25.1. The van der Waals surface area contributed by atoms with Gasteiger partial charge in [0.15, 0.2) is 0 Å². The first-order valence-electron chi connectivity index (χ1n) is 13.6. The Balaban J connectivity index is 0.000000339. The summed E-state index contributed by atoms with van der Waals surface area (Å²) in [5, 5.41) is 0. The molecule has 232 valence electrons. The molecule has 0 atom stereocenters. The quantitative estimate of drug-likeness (QED) is 0.145. The molecule has 0 saturated heterocycles. The number of hydrogen-bond acceptors (Lipinski definition) is 5. The van der Waals surface area contributed by atoms with E-state index in [2.05, 4.69) is 50.2 Å². The highest BCUT2D eigenvalue weighted by Gasteiger charge is 2.08. The van der Waals surface area contributed by atoms with Gasteiger partial charge in [0.1, 0.15) is 23.0 Å². The molecule has 5 rings (SSSR count). The van der Waals surface area contributed by atoms with Crippen LogP contribution in [0, 0.1) is 20.8 Å². The number of carbonyl (C=O) groups is 1. The Morgan fingerprint density at radius 3 is 1.05 bits per heavy atom. The summed E-state index contributed by atoms with van der Waals surface area (Å²) in [5.74, 6) is 2.69. The summed E-state index contributed by atoms with van der Waals surface area (Å²) in [5.41, 5.74) is 6.62. The summed E-state index contributed by atoms with van der Waals surface area (Å²) in [6.45, 7) is 6.13. The van der Waals surface area contributed by atoms with Crippen LogP contribution in [0.3, 0.4) is 0 Å². The van der Waals surface area contributed by atoms with E-state index in [1.807, 2.05) is 55.5 Å². The van der Waals surface area contributed by atoms with Crippen molar-refractivity contribution in [2.75, 3.05) is 21.3 Å². The molecule has 0 unspecified atom stereocenters. The molecule has 5 nitrogen and oxygen atoms in total. The molecule has 0 aliphatic rings. The maximum atomic E-state index is 11.8. The largest absolute Gasteiger partial charge is 0.497 e. The molecule has 0 fully saturated rings. The Morgan fingerprint density at radius 1 is 0.409 bits per heavy atom. The molecular weight excluding hydrogens is 548 g/mol. The highest BCUT2D eigenvalue weighted by atomic mass is 16.5. The Kier molecular flexibility index (Phi) is 16.2. The van der Waals surface area contributed by atoms with Crippen molar-refractivity contribution in [2.45, 2.75) is 35.6 Å². The molecule has 0 bridgehead atoms. The van der Waals surface area contributed by atoms with Crippen molar-refractivity contribution in [3.05, 3.63) is 144 Å². The van der Waals surface area contributed by atoms with Crippen LogP contribution in [0.25, 0.3) is 11.1 Å². The SMILES string of the molecule is C.C.COc1ccc(-c2ccc(C)cc2)cc1.COc1ccc(C(=O)Oc2ccc(C)cc2)cc1.COc1ccc(C)cc1. The molecule has 5 aromatic rings. The van der Waals surface area contributed by atoms with Gasteiger partial charge in [-0.3, -0.25) is 0 Å². The smallest absolute Gasteiger partial charge is 0.343 e. The second-order valence-corrected chi connectivity index (χ2v) is 9.54. The highest BCUT2D eigenvalue weighted by Crippen LogP contribution is 2.22. The number of methoxy groups -OCH3 is 3. The number of ether oxygens (including phenoxy) is 4. The first-order valence-corrected chi connectivity index (χ1v) is 13.6. The summed E-state index contributed by atoms with van der Waals surface area (Å²) in [6.07, 6.45) is 0. The summed E-state index contributed by atoms with van der Waals surface area (Å²) >= 11 is 0. The van der Waals surface area contributed by atoms with E-state index in [1.165, 1.54) is 22.3 Å². The zero-order chi connectivity index (χ0) is 30.3. The molecule has 0 heterocycles. The van der Waals surface area contributed by atoms with Crippen LogP contribution in [0.15, 0.2) is 121 Å². The lowest BCUT2D eigenvalue weighted by molar-refractivity contribution is 0.0734. The van der Waals surface area contributed by atoms with Crippen LogP contribution in [-0.4, -0.2) is 27.3 Å². The number of carbonyl (C=O) groups excluding carboxylic acids is 1. The fourth-order valence-electron chi connectivity index (χ4n) is 3.70.